The monoisotopic (exact) mass is 233 g/mol. The molecule has 0 unspecified atom stereocenters. The van der Waals surface area contributed by atoms with E-state index in [9.17, 15) is 4.79 Å². The summed E-state index contributed by atoms with van der Waals surface area (Å²) in [4.78, 5) is 11.1. The van der Waals surface area contributed by atoms with Crippen LogP contribution in [0.4, 0.5) is 0 Å². The Morgan fingerprint density at radius 2 is 1.76 bits per heavy atom. The van der Waals surface area contributed by atoms with Gasteiger partial charge in [0.1, 0.15) is 5.69 Å². The van der Waals surface area contributed by atoms with Gasteiger partial charge in [-0.2, -0.15) is 0 Å². The van der Waals surface area contributed by atoms with Crippen LogP contribution in [0.5, 0.6) is 0 Å². The molecule has 1 aromatic rings. The normalized spacial score (nSPS) is 22.4. The number of hydrogen-bond donors (Lipinski definition) is 0. The van der Waals surface area contributed by atoms with Crippen molar-refractivity contribution in [2.24, 2.45) is 0 Å². The second-order valence-electron chi connectivity index (χ2n) is 5.34. The van der Waals surface area contributed by atoms with E-state index in [1.54, 1.807) is 0 Å². The van der Waals surface area contributed by atoms with Gasteiger partial charge in [-0.1, -0.05) is 30.9 Å². The topological polar surface area (TPSA) is 47.8 Å². The first-order valence-corrected chi connectivity index (χ1v) is 6.80. The maximum Gasteiger partial charge on any atom is 0.172 e. The molecule has 0 spiro atoms. The molecule has 0 radical (unpaired) electrons. The minimum absolute atomic E-state index is 0.508. The van der Waals surface area contributed by atoms with Crippen LogP contribution >= 0.6 is 0 Å². The number of carbonyl (C=O) groups is 1. The predicted octanol–water partition coefficient (Wildman–Crippen LogP) is 2.86. The van der Waals surface area contributed by atoms with Gasteiger partial charge >= 0.3 is 0 Å². The van der Waals surface area contributed by atoms with Crippen LogP contribution in [0.25, 0.3) is 0 Å². The molecule has 1 heterocycles. The van der Waals surface area contributed by atoms with Crippen LogP contribution in [0.15, 0.2) is 0 Å². The van der Waals surface area contributed by atoms with E-state index in [2.05, 4.69) is 10.3 Å². The van der Waals surface area contributed by atoms with Crippen molar-refractivity contribution >= 4 is 6.29 Å². The quantitative estimate of drug-likeness (QED) is 0.595. The van der Waals surface area contributed by atoms with Gasteiger partial charge in [0.2, 0.25) is 0 Å². The molecule has 2 fully saturated rings. The number of aromatic nitrogens is 3. The molecule has 0 N–H and O–H groups in total. The fourth-order valence-corrected chi connectivity index (χ4v) is 2.93. The molecule has 2 saturated carbocycles. The second-order valence-corrected chi connectivity index (χ2v) is 5.34. The van der Waals surface area contributed by atoms with Crippen LogP contribution in [0.1, 0.15) is 79.5 Å². The van der Waals surface area contributed by atoms with E-state index in [1.807, 2.05) is 4.68 Å². The molecule has 4 nitrogen and oxygen atoms in total. The van der Waals surface area contributed by atoms with Crippen molar-refractivity contribution in [1.82, 2.24) is 15.0 Å². The molecule has 0 atom stereocenters. The number of hydrogen-bond acceptors (Lipinski definition) is 3. The molecule has 0 aliphatic heterocycles. The van der Waals surface area contributed by atoms with Crippen molar-refractivity contribution in [1.29, 1.82) is 0 Å². The summed E-state index contributed by atoms with van der Waals surface area (Å²) in [6.45, 7) is 0. The average molecular weight is 233 g/mol. The summed E-state index contributed by atoms with van der Waals surface area (Å²) >= 11 is 0. The molecule has 0 saturated heterocycles. The van der Waals surface area contributed by atoms with Crippen LogP contribution in [0.3, 0.4) is 0 Å². The largest absolute Gasteiger partial charge is 0.296 e. The van der Waals surface area contributed by atoms with Gasteiger partial charge in [-0.25, -0.2) is 4.68 Å². The number of carbonyl (C=O) groups excluding carboxylic acids is 1. The Morgan fingerprint density at radius 3 is 2.35 bits per heavy atom. The van der Waals surface area contributed by atoms with Gasteiger partial charge < -0.3 is 0 Å². The Balaban J connectivity index is 1.92. The predicted molar refractivity (Wildman–Crippen MR) is 64.1 cm³/mol. The molecule has 3 rings (SSSR count). The van der Waals surface area contributed by atoms with Crippen molar-refractivity contribution < 1.29 is 4.79 Å². The Labute approximate surface area is 101 Å². The average Bonchev–Trinajstić information content (AvgIpc) is 3.14. The molecule has 0 bridgehead atoms. The van der Waals surface area contributed by atoms with Crippen LogP contribution in [-0.4, -0.2) is 21.3 Å². The Hall–Kier alpha value is -1.19. The highest BCUT2D eigenvalue weighted by Gasteiger charge is 2.32. The molecule has 17 heavy (non-hydrogen) atoms. The zero-order chi connectivity index (χ0) is 11.7. The summed E-state index contributed by atoms with van der Waals surface area (Å²) in [5.41, 5.74) is 1.72. The van der Waals surface area contributed by atoms with Crippen LogP contribution in [0.2, 0.25) is 0 Å². The fraction of sp³-hybridized carbons (Fsp3) is 0.769. The lowest BCUT2D eigenvalue weighted by Crippen LogP contribution is -2.09. The van der Waals surface area contributed by atoms with Gasteiger partial charge in [0.15, 0.2) is 6.29 Å². The van der Waals surface area contributed by atoms with Crippen molar-refractivity contribution in [3.05, 3.63) is 11.4 Å². The lowest BCUT2D eigenvalue weighted by Gasteiger charge is -2.15. The Bertz CT molecular complexity index is 401. The first kappa shape index (κ1) is 10.9. The summed E-state index contributed by atoms with van der Waals surface area (Å²) in [5.74, 6) is 0.508. The van der Waals surface area contributed by atoms with Crippen molar-refractivity contribution in [3.8, 4) is 0 Å². The highest BCUT2D eigenvalue weighted by Crippen LogP contribution is 2.40. The third-order valence-corrected chi connectivity index (χ3v) is 4.00. The van der Waals surface area contributed by atoms with E-state index in [1.165, 1.54) is 51.4 Å². The van der Waals surface area contributed by atoms with Gasteiger partial charge in [-0.05, 0) is 25.7 Å². The third kappa shape index (κ3) is 2.13. The zero-order valence-electron chi connectivity index (χ0n) is 10.1. The molecular weight excluding hydrogens is 214 g/mol. The highest BCUT2D eigenvalue weighted by atomic mass is 16.1. The highest BCUT2D eigenvalue weighted by molar-refractivity contribution is 5.73. The molecule has 2 aliphatic carbocycles. The van der Waals surface area contributed by atoms with Crippen molar-refractivity contribution in [2.75, 3.05) is 0 Å². The van der Waals surface area contributed by atoms with Crippen molar-refractivity contribution in [2.45, 2.75) is 63.3 Å². The second kappa shape index (κ2) is 4.59. The van der Waals surface area contributed by atoms with E-state index in [0.717, 1.165) is 12.0 Å². The minimum Gasteiger partial charge on any atom is -0.296 e. The zero-order valence-corrected chi connectivity index (χ0v) is 10.1. The molecule has 1 aromatic heterocycles. The molecule has 4 heteroatoms. The van der Waals surface area contributed by atoms with Crippen LogP contribution in [0, 0.1) is 0 Å². The van der Waals surface area contributed by atoms with Crippen LogP contribution in [-0.2, 0) is 0 Å². The van der Waals surface area contributed by atoms with Gasteiger partial charge in [-0.3, -0.25) is 4.79 Å². The maximum atomic E-state index is 11.1. The van der Waals surface area contributed by atoms with E-state index in [0.29, 0.717) is 17.7 Å². The summed E-state index contributed by atoms with van der Waals surface area (Å²) in [5, 5.41) is 8.24. The van der Waals surface area contributed by atoms with Gasteiger partial charge in [0, 0.05) is 5.92 Å². The number of nitrogens with zero attached hydrogens (tertiary/aromatic N) is 3. The lowest BCUT2D eigenvalue weighted by molar-refractivity contribution is 0.111. The minimum atomic E-state index is 0.508. The van der Waals surface area contributed by atoms with E-state index < -0.39 is 0 Å². The molecule has 0 aromatic carbocycles. The van der Waals surface area contributed by atoms with E-state index in [-0.39, 0.29) is 0 Å². The van der Waals surface area contributed by atoms with Crippen LogP contribution < -0.4 is 0 Å². The Morgan fingerprint density at radius 1 is 1.06 bits per heavy atom. The van der Waals surface area contributed by atoms with Gasteiger partial charge in [-0.15, -0.1) is 5.10 Å². The Kier molecular flexibility index (Phi) is 2.95. The van der Waals surface area contributed by atoms with E-state index in [4.69, 9.17) is 0 Å². The molecular formula is C13H19N3O. The molecule has 0 amide bonds. The molecule has 92 valence electrons. The summed E-state index contributed by atoms with van der Waals surface area (Å²) < 4.78 is 2.04. The maximum absolute atomic E-state index is 11.1. The summed E-state index contributed by atoms with van der Waals surface area (Å²) in [6, 6.07) is 0.523. The third-order valence-electron chi connectivity index (χ3n) is 4.00. The molecule has 2 aliphatic rings. The van der Waals surface area contributed by atoms with E-state index >= 15 is 0 Å². The van der Waals surface area contributed by atoms with Gasteiger partial charge in [0.25, 0.3) is 0 Å². The number of aldehydes is 1. The van der Waals surface area contributed by atoms with Crippen molar-refractivity contribution in [3.63, 3.8) is 0 Å². The smallest absolute Gasteiger partial charge is 0.172 e. The summed E-state index contributed by atoms with van der Waals surface area (Å²) in [6.07, 6.45) is 10.9. The number of rotatable bonds is 3. The first-order chi connectivity index (χ1) is 8.40. The fourth-order valence-electron chi connectivity index (χ4n) is 2.93. The van der Waals surface area contributed by atoms with Gasteiger partial charge in [0.05, 0.1) is 11.7 Å². The SMILES string of the molecule is O=Cc1nnn(C2CC2)c1C1CCCCCC1. The standard InChI is InChI=1S/C13H19N3O/c17-9-12-13(10-5-3-1-2-4-6-10)16(15-14-12)11-7-8-11/h9-11H,1-8H2. The lowest BCUT2D eigenvalue weighted by atomic mass is 9.95. The first-order valence-electron chi connectivity index (χ1n) is 6.80. The summed E-state index contributed by atoms with van der Waals surface area (Å²) in [7, 11) is 0.